The standard InChI is InChI=1S/C15H19N3O2/c1-3-10(16)8-12-17-14(19)13(15(20)18-12)11-7-5-4-6-9(11)2/h4-7,10H,3,8,16H2,1-2H3,(H2,17,18,19,20). The molecule has 2 aromatic rings. The molecule has 1 aromatic carbocycles. The Bertz CT molecular complexity index is 664. The average Bonchev–Trinajstić information content (AvgIpc) is 2.40. The molecule has 0 bridgehead atoms. The number of aryl methyl sites for hydroxylation is 1. The summed E-state index contributed by atoms with van der Waals surface area (Å²) in [4.78, 5) is 18.9. The molecule has 1 heterocycles. The molecule has 2 rings (SSSR count). The maximum atomic E-state index is 12.2. The van der Waals surface area contributed by atoms with Gasteiger partial charge in [-0.15, -0.1) is 0 Å². The van der Waals surface area contributed by atoms with Crippen molar-refractivity contribution in [2.45, 2.75) is 32.7 Å². The van der Waals surface area contributed by atoms with Gasteiger partial charge in [0.05, 0.1) is 0 Å². The fourth-order valence-electron chi connectivity index (χ4n) is 2.09. The van der Waals surface area contributed by atoms with Crippen molar-refractivity contribution in [3.63, 3.8) is 0 Å². The molecule has 5 nitrogen and oxygen atoms in total. The van der Waals surface area contributed by atoms with Crippen LogP contribution in [0.15, 0.2) is 29.1 Å². The Hall–Kier alpha value is -2.14. The number of hydrogen-bond acceptors (Lipinski definition) is 4. The second-order valence-corrected chi connectivity index (χ2v) is 4.90. The lowest BCUT2D eigenvalue weighted by Gasteiger charge is -2.10. The van der Waals surface area contributed by atoms with E-state index in [0.29, 0.717) is 17.8 Å². The summed E-state index contributed by atoms with van der Waals surface area (Å²) in [6.07, 6.45) is 1.22. The molecule has 4 N–H and O–H groups in total. The van der Waals surface area contributed by atoms with Gasteiger partial charge < -0.3 is 15.8 Å². The smallest absolute Gasteiger partial charge is 0.262 e. The van der Waals surface area contributed by atoms with Crippen LogP contribution >= 0.6 is 0 Å². The fraction of sp³-hybridized carbons (Fsp3) is 0.333. The van der Waals surface area contributed by atoms with Crippen molar-refractivity contribution in [1.82, 2.24) is 9.97 Å². The van der Waals surface area contributed by atoms with Gasteiger partial charge in [-0.3, -0.25) is 4.79 Å². The summed E-state index contributed by atoms with van der Waals surface area (Å²) < 4.78 is 0. The third-order valence-corrected chi connectivity index (χ3v) is 3.34. The molecule has 0 aliphatic heterocycles. The lowest BCUT2D eigenvalue weighted by Crippen LogP contribution is -2.25. The normalized spacial score (nSPS) is 12.3. The number of benzene rings is 1. The van der Waals surface area contributed by atoms with E-state index in [2.05, 4.69) is 9.97 Å². The lowest BCUT2D eigenvalue weighted by atomic mass is 10.0. The number of nitrogens with one attached hydrogen (secondary N) is 1. The number of aromatic nitrogens is 2. The maximum absolute atomic E-state index is 12.2. The molecular formula is C15H19N3O2. The van der Waals surface area contributed by atoms with Crippen LogP contribution in [0.25, 0.3) is 11.1 Å². The van der Waals surface area contributed by atoms with Crippen molar-refractivity contribution < 1.29 is 5.11 Å². The van der Waals surface area contributed by atoms with E-state index in [1.54, 1.807) is 6.07 Å². The molecule has 0 saturated carbocycles. The Morgan fingerprint density at radius 3 is 2.70 bits per heavy atom. The van der Waals surface area contributed by atoms with Crippen LogP contribution < -0.4 is 11.3 Å². The van der Waals surface area contributed by atoms with Gasteiger partial charge in [0.15, 0.2) is 0 Å². The number of nitrogens with two attached hydrogens (primary N) is 1. The molecule has 5 heteroatoms. The first-order valence-corrected chi connectivity index (χ1v) is 6.66. The van der Waals surface area contributed by atoms with Crippen molar-refractivity contribution in [2.75, 3.05) is 0 Å². The van der Waals surface area contributed by atoms with Gasteiger partial charge in [-0.05, 0) is 24.5 Å². The van der Waals surface area contributed by atoms with Crippen LogP contribution in [0.3, 0.4) is 0 Å². The predicted octanol–water partition coefficient (Wildman–Crippen LogP) is 1.73. The van der Waals surface area contributed by atoms with E-state index in [1.165, 1.54) is 0 Å². The number of aromatic hydroxyl groups is 1. The van der Waals surface area contributed by atoms with Crippen molar-refractivity contribution >= 4 is 0 Å². The molecule has 1 atom stereocenters. The van der Waals surface area contributed by atoms with Gasteiger partial charge in [-0.2, -0.15) is 4.98 Å². The Balaban J connectivity index is 2.47. The first kappa shape index (κ1) is 14.3. The van der Waals surface area contributed by atoms with Gasteiger partial charge in [-0.25, -0.2) is 0 Å². The number of aromatic amines is 1. The molecule has 20 heavy (non-hydrogen) atoms. The highest BCUT2D eigenvalue weighted by Crippen LogP contribution is 2.26. The van der Waals surface area contributed by atoms with Crippen molar-refractivity contribution in [3.8, 4) is 17.0 Å². The first-order valence-electron chi connectivity index (χ1n) is 6.66. The zero-order valence-electron chi connectivity index (χ0n) is 11.7. The Labute approximate surface area is 117 Å². The second kappa shape index (κ2) is 5.88. The zero-order valence-corrected chi connectivity index (χ0v) is 11.7. The molecule has 0 radical (unpaired) electrons. The molecule has 1 aromatic heterocycles. The van der Waals surface area contributed by atoms with Gasteiger partial charge in [0, 0.05) is 12.5 Å². The van der Waals surface area contributed by atoms with Crippen LogP contribution in [0.2, 0.25) is 0 Å². The Kier molecular flexibility index (Phi) is 4.20. The quantitative estimate of drug-likeness (QED) is 0.791. The van der Waals surface area contributed by atoms with E-state index in [-0.39, 0.29) is 23.0 Å². The minimum Gasteiger partial charge on any atom is -0.493 e. The van der Waals surface area contributed by atoms with Gasteiger partial charge in [0.25, 0.3) is 5.56 Å². The SMILES string of the molecule is CCC(N)Cc1nc(O)c(-c2ccccc2C)c(=O)[nH]1. The highest BCUT2D eigenvalue weighted by Gasteiger charge is 2.15. The van der Waals surface area contributed by atoms with Crippen molar-refractivity contribution in [3.05, 3.63) is 46.0 Å². The molecule has 106 valence electrons. The highest BCUT2D eigenvalue weighted by atomic mass is 16.3. The van der Waals surface area contributed by atoms with Gasteiger partial charge in [0.2, 0.25) is 5.88 Å². The molecule has 0 saturated heterocycles. The highest BCUT2D eigenvalue weighted by molar-refractivity contribution is 5.70. The summed E-state index contributed by atoms with van der Waals surface area (Å²) >= 11 is 0. The molecule has 0 spiro atoms. The van der Waals surface area contributed by atoms with Crippen LogP contribution in [0.1, 0.15) is 24.7 Å². The molecular weight excluding hydrogens is 254 g/mol. The van der Waals surface area contributed by atoms with E-state index >= 15 is 0 Å². The third kappa shape index (κ3) is 2.88. The molecule has 0 aliphatic rings. The van der Waals surface area contributed by atoms with Crippen molar-refractivity contribution in [2.24, 2.45) is 5.73 Å². The monoisotopic (exact) mass is 273 g/mol. The molecule has 0 fully saturated rings. The van der Waals surface area contributed by atoms with Crippen LogP contribution in [0.4, 0.5) is 0 Å². The lowest BCUT2D eigenvalue weighted by molar-refractivity contribution is 0.448. The maximum Gasteiger partial charge on any atom is 0.262 e. The Morgan fingerprint density at radius 1 is 1.40 bits per heavy atom. The van der Waals surface area contributed by atoms with E-state index in [4.69, 9.17) is 5.73 Å². The summed E-state index contributed by atoms with van der Waals surface area (Å²) in [5.41, 5.74) is 7.29. The molecule has 0 aliphatic carbocycles. The van der Waals surface area contributed by atoms with Gasteiger partial charge in [0.1, 0.15) is 11.4 Å². The topological polar surface area (TPSA) is 92.0 Å². The summed E-state index contributed by atoms with van der Waals surface area (Å²) in [5.74, 6) is 0.167. The number of hydrogen-bond donors (Lipinski definition) is 3. The number of rotatable bonds is 4. The van der Waals surface area contributed by atoms with Gasteiger partial charge >= 0.3 is 0 Å². The fourth-order valence-corrected chi connectivity index (χ4v) is 2.09. The van der Waals surface area contributed by atoms with Gasteiger partial charge in [-0.1, -0.05) is 31.2 Å². The summed E-state index contributed by atoms with van der Waals surface area (Å²) in [6.45, 7) is 3.85. The first-order chi connectivity index (χ1) is 9.52. The minimum absolute atomic E-state index is 0.0816. The average molecular weight is 273 g/mol. The largest absolute Gasteiger partial charge is 0.493 e. The van der Waals surface area contributed by atoms with E-state index in [9.17, 15) is 9.90 Å². The van der Waals surface area contributed by atoms with Crippen molar-refractivity contribution in [1.29, 1.82) is 0 Å². The van der Waals surface area contributed by atoms with Crippen LogP contribution in [-0.2, 0) is 6.42 Å². The van der Waals surface area contributed by atoms with E-state index in [1.807, 2.05) is 32.0 Å². The predicted molar refractivity (Wildman–Crippen MR) is 78.7 cm³/mol. The second-order valence-electron chi connectivity index (χ2n) is 4.90. The molecule has 1 unspecified atom stereocenters. The third-order valence-electron chi connectivity index (χ3n) is 3.34. The minimum atomic E-state index is -0.342. The summed E-state index contributed by atoms with van der Waals surface area (Å²) in [7, 11) is 0. The number of nitrogens with zero attached hydrogens (tertiary/aromatic N) is 1. The van der Waals surface area contributed by atoms with Crippen LogP contribution in [-0.4, -0.2) is 21.1 Å². The molecule has 0 amide bonds. The van der Waals surface area contributed by atoms with Crippen LogP contribution in [0, 0.1) is 6.92 Å². The Morgan fingerprint density at radius 2 is 2.10 bits per heavy atom. The number of H-pyrrole nitrogens is 1. The zero-order chi connectivity index (χ0) is 14.7. The van der Waals surface area contributed by atoms with E-state index in [0.717, 1.165) is 12.0 Å². The van der Waals surface area contributed by atoms with Crippen LogP contribution in [0.5, 0.6) is 5.88 Å². The summed E-state index contributed by atoms with van der Waals surface area (Å²) in [5, 5.41) is 10.1. The summed E-state index contributed by atoms with van der Waals surface area (Å²) in [6, 6.07) is 7.30. The van der Waals surface area contributed by atoms with E-state index < -0.39 is 0 Å².